The highest BCUT2D eigenvalue weighted by Crippen LogP contribution is 2.18. The van der Waals surface area contributed by atoms with E-state index in [4.69, 9.17) is 4.74 Å². The van der Waals surface area contributed by atoms with E-state index in [1.54, 1.807) is 7.11 Å². The molecule has 1 saturated heterocycles. The van der Waals surface area contributed by atoms with Crippen molar-refractivity contribution in [1.82, 2.24) is 9.80 Å². The summed E-state index contributed by atoms with van der Waals surface area (Å²) in [6.07, 6.45) is 1.29. The van der Waals surface area contributed by atoms with Crippen LogP contribution in [-0.2, 0) is 4.74 Å². The molecule has 2 atom stereocenters. The van der Waals surface area contributed by atoms with Gasteiger partial charge in [0.1, 0.15) is 0 Å². The Bertz CT molecular complexity index is 142. The van der Waals surface area contributed by atoms with E-state index >= 15 is 0 Å². The molecule has 3 nitrogen and oxygen atoms in total. The summed E-state index contributed by atoms with van der Waals surface area (Å²) >= 11 is 0. The normalized spacial score (nSPS) is 30.2. The van der Waals surface area contributed by atoms with Crippen molar-refractivity contribution >= 4 is 0 Å². The van der Waals surface area contributed by atoms with Gasteiger partial charge in [0.15, 0.2) is 0 Å². The number of likely N-dealkylation sites (N-methyl/N-ethyl adjacent to an activating group) is 2. The highest BCUT2D eigenvalue weighted by atomic mass is 16.5. The molecule has 1 aliphatic rings. The van der Waals surface area contributed by atoms with E-state index in [1.807, 2.05) is 0 Å². The van der Waals surface area contributed by atoms with Gasteiger partial charge < -0.3 is 9.64 Å². The maximum Gasteiger partial charge on any atom is 0.0589 e. The predicted octanol–water partition coefficient (Wildman–Crippen LogP) is 0.657. The topological polar surface area (TPSA) is 15.7 Å². The number of hydrogen-bond donors (Lipinski definition) is 0. The molecule has 78 valence electrons. The van der Waals surface area contributed by atoms with Crippen LogP contribution in [0.3, 0.4) is 0 Å². The van der Waals surface area contributed by atoms with Crippen molar-refractivity contribution in [3.63, 3.8) is 0 Å². The average Bonchev–Trinajstić information content (AvgIpc) is 2.43. The highest BCUT2D eigenvalue weighted by Gasteiger charge is 2.28. The van der Waals surface area contributed by atoms with Crippen LogP contribution in [0.4, 0.5) is 0 Å². The number of methoxy groups -OCH3 is 1. The van der Waals surface area contributed by atoms with Crippen LogP contribution in [-0.4, -0.2) is 62.8 Å². The van der Waals surface area contributed by atoms with Crippen LogP contribution in [0, 0.1) is 0 Å². The Labute approximate surface area is 81.7 Å². The van der Waals surface area contributed by atoms with E-state index in [0.717, 1.165) is 25.2 Å². The Morgan fingerprint density at radius 2 is 2.23 bits per heavy atom. The second-order valence-corrected chi connectivity index (χ2v) is 4.15. The van der Waals surface area contributed by atoms with Gasteiger partial charge in [-0.3, -0.25) is 4.90 Å². The molecular formula is C10H22N2O. The molecule has 13 heavy (non-hydrogen) atoms. The molecule has 0 saturated carbocycles. The van der Waals surface area contributed by atoms with Crippen molar-refractivity contribution in [2.75, 3.05) is 40.9 Å². The minimum atomic E-state index is 0.718. The summed E-state index contributed by atoms with van der Waals surface area (Å²) in [4.78, 5) is 4.83. The molecule has 1 heterocycles. The second-order valence-electron chi connectivity index (χ2n) is 4.15. The van der Waals surface area contributed by atoms with Crippen LogP contribution in [0.15, 0.2) is 0 Å². The lowest BCUT2D eigenvalue weighted by molar-refractivity contribution is 0.140. The lowest BCUT2D eigenvalue weighted by Crippen LogP contribution is -2.35. The first-order chi connectivity index (χ1) is 6.15. The van der Waals surface area contributed by atoms with Crippen molar-refractivity contribution in [1.29, 1.82) is 0 Å². The fourth-order valence-corrected chi connectivity index (χ4v) is 1.90. The number of rotatable bonds is 4. The van der Waals surface area contributed by atoms with Gasteiger partial charge in [-0.15, -0.1) is 0 Å². The number of ether oxygens (including phenoxy) is 1. The molecule has 1 aliphatic heterocycles. The van der Waals surface area contributed by atoms with Crippen LogP contribution >= 0.6 is 0 Å². The van der Waals surface area contributed by atoms with E-state index in [1.165, 1.54) is 13.0 Å². The van der Waals surface area contributed by atoms with Crippen LogP contribution < -0.4 is 0 Å². The molecule has 0 aromatic heterocycles. The number of likely N-dealkylation sites (tertiary alicyclic amines) is 1. The van der Waals surface area contributed by atoms with Crippen LogP contribution in [0.2, 0.25) is 0 Å². The van der Waals surface area contributed by atoms with Gasteiger partial charge >= 0.3 is 0 Å². The third kappa shape index (κ3) is 2.93. The van der Waals surface area contributed by atoms with Crippen molar-refractivity contribution in [2.24, 2.45) is 0 Å². The van der Waals surface area contributed by atoms with E-state index < -0.39 is 0 Å². The average molecular weight is 186 g/mol. The molecule has 0 aromatic carbocycles. The quantitative estimate of drug-likeness (QED) is 0.641. The van der Waals surface area contributed by atoms with Crippen molar-refractivity contribution < 1.29 is 4.74 Å². The third-order valence-corrected chi connectivity index (χ3v) is 3.14. The van der Waals surface area contributed by atoms with Gasteiger partial charge in [-0.05, 0) is 27.4 Å². The van der Waals surface area contributed by atoms with E-state index in [2.05, 4.69) is 30.8 Å². The Hall–Kier alpha value is -0.120. The van der Waals surface area contributed by atoms with Gasteiger partial charge in [0.2, 0.25) is 0 Å². The first-order valence-electron chi connectivity index (χ1n) is 5.04. The maximum absolute atomic E-state index is 5.07. The van der Waals surface area contributed by atoms with Gasteiger partial charge in [-0.2, -0.15) is 0 Å². The van der Waals surface area contributed by atoms with E-state index in [9.17, 15) is 0 Å². The molecule has 0 amide bonds. The summed E-state index contributed by atoms with van der Waals surface area (Å²) in [6, 6.07) is 1.45. The van der Waals surface area contributed by atoms with Crippen LogP contribution in [0.25, 0.3) is 0 Å². The van der Waals surface area contributed by atoms with Gasteiger partial charge in [-0.1, -0.05) is 0 Å². The fourth-order valence-electron chi connectivity index (χ4n) is 1.90. The molecule has 0 aliphatic carbocycles. The first-order valence-corrected chi connectivity index (χ1v) is 5.04. The van der Waals surface area contributed by atoms with Gasteiger partial charge in [0.25, 0.3) is 0 Å². The third-order valence-electron chi connectivity index (χ3n) is 3.14. The summed E-state index contributed by atoms with van der Waals surface area (Å²) in [7, 11) is 6.15. The molecule has 0 unspecified atom stereocenters. The summed E-state index contributed by atoms with van der Waals surface area (Å²) in [5.74, 6) is 0. The van der Waals surface area contributed by atoms with Gasteiger partial charge in [0.05, 0.1) is 6.61 Å². The van der Waals surface area contributed by atoms with Crippen LogP contribution in [0.5, 0.6) is 0 Å². The zero-order valence-electron chi connectivity index (χ0n) is 9.29. The smallest absolute Gasteiger partial charge is 0.0589 e. The largest absolute Gasteiger partial charge is 0.383 e. The molecule has 3 heteroatoms. The van der Waals surface area contributed by atoms with Crippen molar-refractivity contribution in [3.8, 4) is 0 Å². The molecule has 1 fully saturated rings. The molecular weight excluding hydrogens is 164 g/mol. The van der Waals surface area contributed by atoms with Gasteiger partial charge in [-0.25, -0.2) is 0 Å². The monoisotopic (exact) mass is 186 g/mol. The minimum absolute atomic E-state index is 0.718. The molecule has 0 radical (unpaired) electrons. The predicted molar refractivity (Wildman–Crippen MR) is 55.0 cm³/mol. The fraction of sp³-hybridized carbons (Fsp3) is 1.00. The lowest BCUT2D eigenvalue weighted by Gasteiger charge is -2.23. The summed E-state index contributed by atoms with van der Waals surface area (Å²) in [5, 5.41) is 0. The Morgan fingerprint density at radius 3 is 2.69 bits per heavy atom. The zero-order valence-corrected chi connectivity index (χ0v) is 9.29. The molecule has 1 rings (SSSR count). The van der Waals surface area contributed by atoms with Crippen molar-refractivity contribution in [3.05, 3.63) is 0 Å². The molecule has 0 aromatic rings. The van der Waals surface area contributed by atoms with E-state index in [-0.39, 0.29) is 0 Å². The minimum Gasteiger partial charge on any atom is -0.383 e. The van der Waals surface area contributed by atoms with Crippen LogP contribution in [0.1, 0.15) is 13.3 Å². The molecule has 0 spiro atoms. The lowest BCUT2D eigenvalue weighted by atomic mass is 10.2. The zero-order chi connectivity index (χ0) is 9.84. The Kier molecular flexibility index (Phi) is 4.16. The summed E-state index contributed by atoms with van der Waals surface area (Å²) in [6.45, 7) is 5.37. The summed E-state index contributed by atoms with van der Waals surface area (Å²) < 4.78 is 5.07. The number of nitrogens with zero attached hydrogens (tertiary/aromatic N) is 2. The van der Waals surface area contributed by atoms with E-state index in [0.29, 0.717) is 0 Å². The first kappa shape index (κ1) is 11.0. The number of hydrogen-bond acceptors (Lipinski definition) is 3. The Balaban J connectivity index is 2.28. The Morgan fingerprint density at radius 1 is 1.54 bits per heavy atom. The molecule has 0 N–H and O–H groups in total. The highest BCUT2D eigenvalue weighted by molar-refractivity contribution is 4.85. The summed E-state index contributed by atoms with van der Waals surface area (Å²) in [5.41, 5.74) is 0. The SMILES string of the molecule is COCCN(C)[C@@H]1C[C@@H](C)N(C)C1. The van der Waals surface area contributed by atoms with Gasteiger partial charge in [0, 0.05) is 32.3 Å². The van der Waals surface area contributed by atoms with Crippen molar-refractivity contribution in [2.45, 2.75) is 25.4 Å². The maximum atomic E-state index is 5.07. The standard InChI is InChI=1S/C10H22N2O/c1-9-7-10(8-12(9)3)11(2)5-6-13-4/h9-10H,5-8H2,1-4H3/t9-,10-/m1/s1. The molecule has 0 bridgehead atoms. The second kappa shape index (κ2) is 4.94.